The molecule has 4 heteroatoms. The van der Waals surface area contributed by atoms with Gasteiger partial charge in [0, 0.05) is 29.2 Å². The van der Waals surface area contributed by atoms with E-state index >= 15 is 0 Å². The van der Waals surface area contributed by atoms with Gasteiger partial charge in [-0.05, 0) is 25.1 Å². The molecule has 1 aromatic heterocycles. The number of nitrogens with zero attached hydrogens (tertiary/aromatic N) is 1. The average molecular weight is 252 g/mol. The van der Waals surface area contributed by atoms with E-state index in [1.807, 2.05) is 0 Å². The fourth-order valence-corrected chi connectivity index (χ4v) is 1.88. The summed E-state index contributed by atoms with van der Waals surface area (Å²) in [7, 11) is 0. The van der Waals surface area contributed by atoms with Gasteiger partial charge in [-0.25, -0.2) is 4.39 Å². The Kier molecular flexibility index (Phi) is 3.29. The molecule has 0 saturated carbocycles. The first-order chi connectivity index (χ1) is 8.11. The number of aryl methyl sites for hydroxylation is 1. The van der Waals surface area contributed by atoms with Crippen molar-refractivity contribution >= 4 is 11.6 Å². The normalized spacial score (nSPS) is 10.5. The molecular weight excluding hydrogens is 241 g/mol. The first kappa shape index (κ1) is 11.9. The SMILES string of the molecule is Cc1cc(=O)c(CCl)cn1-c1cccc(F)c1. The van der Waals surface area contributed by atoms with Crippen LogP contribution in [0.25, 0.3) is 5.69 Å². The van der Waals surface area contributed by atoms with Crippen molar-refractivity contribution in [1.29, 1.82) is 0 Å². The number of halogens is 2. The van der Waals surface area contributed by atoms with Crippen molar-refractivity contribution in [3.05, 3.63) is 63.8 Å². The Bertz CT molecular complexity index is 607. The third kappa shape index (κ3) is 2.39. The number of hydrogen-bond donors (Lipinski definition) is 0. The molecule has 88 valence electrons. The molecule has 2 aromatic rings. The van der Waals surface area contributed by atoms with Gasteiger partial charge < -0.3 is 4.57 Å². The standard InChI is InChI=1S/C13H11ClFNO/c1-9-5-13(17)10(7-14)8-16(9)12-4-2-3-11(15)6-12/h2-6,8H,7H2,1H3. The summed E-state index contributed by atoms with van der Waals surface area (Å²) in [6, 6.07) is 7.70. The molecule has 0 radical (unpaired) electrons. The molecule has 0 fully saturated rings. The second-order valence-corrected chi connectivity index (χ2v) is 4.06. The van der Waals surface area contributed by atoms with Gasteiger partial charge >= 0.3 is 0 Å². The minimum atomic E-state index is -0.312. The molecule has 0 aliphatic heterocycles. The Morgan fingerprint density at radius 3 is 2.76 bits per heavy atom. The summed E-state index contributed by atoms with van der Waals surface area (Å²) in [6.45, 7) is 1.80. The summed E-state index contributed by atoms with van der Waals surface area (Å²) in [5.41, 5.74) is 1.83. The van der Waals surface area contributed by atoms with Crippen LogP contribution in [-0.2, 0) is 5.88 Å². The summed E-state index contributed by atoms with van der Waals surface area (Å²) in [5, 5.41) is 0. The van der Waals surface area contributed by atoms with E-state index in [0.29, 0.717) is 11.3 Å². The van der Waals surface area contributed by atoms with Crippen LogP contribution < -0.4 is 5.43 Å². The van der Waals surface area contributed by atoms with Crippen LogP contribution in [0.2, 0.25) is 0 Å². The lowest BCUT2D eigenvalue weighted by Crippen LogP contribution is -2.13. The molecule has 0 amide bonds. The van der Waals surface area contributed by atoms with Crippen molar-refractivity contribution in [2.45, 2.75) is 12.8 Å². The van der Waals surface area contributed by atoms with E-state index in [2.05, 4.69) is 0 Å². The lowest BCUT2D eigenvalue weighted by atomic mass is 10.2. The molecule has 2 rings (SSSR count). The second kappa shape index (κ2) is 4.72. The van der Waals surface area contributed by atoms with Crippen LogP contribution in [0.1, 0.15) is 11.3 Å². The third-order valence-electron chi connectivity index (χ3n) is 2.55. The van der Waals surface area contributed by atoms with Crippen LogP contribution in [0.5, 0.6) is 0 Å². The quantitative estimate of drug-likeness (QED) is 0.752. The van der Waals surface area contributed by atoms with Crippen molar-refractivity contribution in [2.24, 2.45) is 0 Å². The predicted molar refractivity (Wildman–Crippen MR) is 66.3 cm³/mol. The van der Waals surface area contributed by atoms with E-state index < -0.39 is 0 Å². The number of hydrogen-bond acceptors (Lipinski definition) is 1. The summed E-state index contributed by atoms with van der Waals surface area (Å²) in [6.07, 6.45) is 1.65. The van der Waals surface area contributed by atoms with Crippen LogP contribution >= 0.6 is 11.6 Å². The molecular formula is C13H11ClFNO. The van der Waals surface area contributed by atoms with Gasteiger partial charge in [0.25, 0.3) is 0 Å². The monoisotopic (exact) mass is 251 g/mol. The second-order valence-electron chi connectivity index (χ2n) is 3.79. The summed E-state index contributed by atoms with van der Waals surface area (Å²) < 4.78 is 14.9. The maximum Gasteiger partial charge on any atom is 0.186 e. The Hall–Kier alpha value is -1.61. The number of pyridine rings is 1. The summed E-state index contributed by atoms with van der Waals surface area (Å²) in [4.78, 5) is 11.5. The fraction of sp³-hybridized carbons (Fsp3) is 0.154. The Morgan fingerprint density at radius 2 is 2.12 bits per heavy atom. The van der Waals surface area contributed by atoms with Crippen LogP contribution in [0.15, 0.2) is 41.3 Å². The Morgan fingerprint density at radius 1 is 1.35 bits per heavy atom. The van der Waals surface area contributed by atoms with Gasteiger partial charge in [-0.1, -0.05) is 6.07 Å². The smallest absolute Gasteiger partial charge is 0.186 e. The van der Waals surface area contributed by atoms with Gasteiger partial charge in [0.15, 0.2) is 5.43 Å². The average Bonchev–Trinajstić information content (AvgIpc) is 2.29. The highest BCUT2D eigenvalue weighted by molar-refractivity contribution is 6.17. The minimum absolute atomic E-state index is 0.0925. The molecule has 0 spiro atoms. The van der Waals surface area contributed by atoms with Crippen LogP contribution in [0.4, 0.5) is 4.39 Å². The fourth-order valence-electron chi connectivity index (χ4n) is 1.68. The molecule has 0 saturated heterocycles. The first-order valence-electron chi connectivity index (χ1n) is 5.16. The number of alkyl halides is 1. The Labute approximate surface area is 103 Å². The lowest BCUT2D eigenvalue weighted by Gasteiger charge is -2.11. The zero-order valence-electron chi connectivity index (χ0n) is 9.28. The lowest BCUT2D eigenvalue weighted by molar-refractivity contribution is 0.626. The van der Waals surface area contributed by atoms with Crippen molar-refractivity contribution in [3.8, 4) is 5.69 Å². The van der Waals surface area contributed by atoms with Gasteiger partial charge in [-0.2, -0.15) is 0 Å². The highest BCUT2D eigenvalue weighted by Gasteiger charge is 2.05. The molecule has 0 unspecified atom stereocenters. The summed E-state index contributed by atoms with van der Waals surface area (Å²) in [5.74, 6) is -0.165. The van der Waals surface area contributed by atoms with Gasteiger partial charge in [-0.15, -0.1) is 11.6 Å². The molecule has 2 nitrogen and oxygen atoms in total. The molecule has 0 N–H and O–H groups in total. The topological polar surface area (TPSA) is 22.0 Å². The molecule has 0 aliphatic rings. The van der Waals surface area contributed by atoms with Crippen LogP contribution in [0, 0.1) is 12.7 Å². The van der Waals surface area contributed by atoms with Crippen molar-refractivity contribution in [2.75, 3.05) is 0 Å². The van der Waals surface area contributed by atoms with Gasteiger partial charge in [0.05, 0.1) is 5.88 Å². The van der Waals surface area contributed by atoms with Crippen molar-refractivity contribution in [1.82, 2.24) is 4.57 Å². The van der Waals surface area contributed by atoms with Crippen molar-refractivity contribution < 1.29 is 4.39 Å². The molecule has 0 aliphatic carbocycles. The maximum atomic E-state index is 13.1. The van der Waals surface area contributed by atoms with E-state index in [9.17, 15) is 9.18 Å². The van der Waals surface area contributed by atoms with E-state index in [4.69, 9.17) is 11.6 Å². The van der Waals surface area contributed by atoms with Crippen LogP contribution in [-0.4, -0.2) is 4.57 Å². The van der Waals surface area contributed by atoms with Crippen molar-refractivity contribution in [3.63, 3.8) is 0 Å². The van der Waals surface area contributed by atoms with Gasteiger partial charge in [0.2, 0.25) is 0 Å². The van der Waals surface area contributed by atoms with Crippen LogP contribution in [0.3, 0.4) is 0 Å². The first-order valence-corrected chi connectivity index (χ1v) is 5.69. The Balaban J connectivity index is 2.63. The molecule has 1 heterocycles. The number of aromatic nitrogens is 1. The highest BCUT2D eigenvalue weighted by atomic mass is 35.5. The zero-order valence-corrected chi connectivity index (χ0v) is 10.0. The largest absolute Gasteiger partial charge is 0.320 e. The molecule has 0 atom stereocenters. The third-order valence-corrected chi connectivity index (χ3v) is 2.84. The molecule has 0 bridgehead atoms. The molecule has 1 aromatic carbocycles. The minimum Gasteiger partial charge on any atom is -0.320 e. The van der Waals surface area contributed by atoms with Gasteiger partial charge in [-0.3, -0.25) is 4.79 Å². The van der Waals surface area contributed by atoms with E-state index in [1.54, 1.807) is 29.8 Å². The highest BCUT2D eigenvalue weighted by Crippen LogP contribution is 2.13. The van der Waals surface area contributed by atoms with E-state index in [0.717, 1.165) is 5.69 Å². The molecule has 17 heavy (non-hydrogen) atoms. The number of benzene rings is 1. The predicted octanol–water partition coefficient (Wildman–Crippen LogP) is 3.02. The van der Waals surface area contributed by atoms with Gasteiger partial charge in [0.1, 0.15) is 5.82 Å². The maximum absolute atomic E-state index is 13.1. The van der Waals surface area contributed by atoms with E-state index in [1.165, 1.54) is 18.2 Å². The summed E-state index contributed by atoms with van der Waals surface area (Å²) >= 11 is 5.69. The zero-order chi connectivity index (χ0) is 12.4. The van der Waals surface area contributed by atoms with E-state index in [-0.39, 0.29) is 17.1 Å². The number of rotatable bonds is 2.